The van der Waals surface area contributed by atoms with Crippen LogP contribution in [0.25, 0.3) is 10.2 Å². The second kappa shape index (κ2) is 5.21. The Labute approximate surface area is 125 Å². The quantitative estimate of drug-likeness (QED) is 0.729. The molecule has 0 fully saturated rings. The molecule has 108 valence electrons. The van der Waals surface area contributed by atoms with Crippen LogP contribution in [0.5, 0.6) is 5.75 Å². The van der Waals surface area contributed by atoms with E-state index in [0.717, 1.165) is 15.3 Å². The third kappa shape index (κ3) is 2.50. The van der Waals surface area contributed by atoms with E-state index in [-0.39, 0.29) is 12.2 Å². The first-order valence-corrected chi connectivity index (χ1v) is 7.34. The number of nitrogens with zero attached hydrogens (tertiary/aromatic N) is 1. The molecule has 5 nitrogen and oxygen atoms in total. The Morgan fingerprint density at radius 1 is 1.33 bits per heavy atom. The van der Waals surface area contributed by atoms with Gasteiger partial charge in [-0.2, -0.15) is 0 Å². The van der Waals surface area contributed by atoms with E-state index in [0.29, 0.717) is 22.6 Å². The van der Waals surface area contributed by atoms with Gasteiger partial charge < -0.3 is 15.5 Å². The Morgan fingerprint density at radius 3 is 2.86 bits per heavy atom. The van der Waals surface area contributed by atoms with Gasteiger partial charge in [0.05, 0.1) is 11.1 Å². The predicted molar refractivity (Wildman–Crippen MR) is 84.9 cm³/mol. The molecule has 3 rings (SSSR count). The zero-order chi connectivity index (χ0) is 15.0. The maximum atomic E-state index is 12.1. The van der Waals surface area contributed by atoms with Crippen molar-refractivity contribution in [2.45, 2.75) is 20.5 Å². The van der Waals surface area contributed by atoms with E-state index in [4.69, 9.17) is 10.5 Å². The minimum atomic E-state index is -0.124. The van der Waals surface area contributed by atoms with E-state index in [2.05, 4.69) is 9.97 Å². The van der Waals surface area contributed by atoms with Gasteiger partial charge >= 0.3 is 0 Å². The van der Waals surface area contributed by atoms with Crippen LogP contribution in [-0.2, 0) is 6.61 Å². The highest BCUT2D eigenvalue weighted by molar-refractivity contribution is 7.18. The number of aryl methyl sites for hydroxylation is 2. The Bertz CT molecular complexity index is 867. The van der Waals surface area contributed by atoms with Gasteiger partial charge in [0.25, 0.3) is 5.56 Å². The fourth-order valence-corrected chi connectivity index (χ4v) is 3.17. The summed E-state index contributed by atoms with van der Waals surface area (Å²) in [7, 11) is 0. The van der Waals surface area contributed by atoms with E-state index in [9.17, 15) is 4.79 Å². The molecule has 0 radical (unpaired) electrons. The van der Waals surface area contributed by atoms with Crippen molar-refractivity contribution in [1.82, 2.24) is 9.97 Å². The van der Waals surface area contributed by atoms with Crippen LogP contribution in [0.2, 0.25) is 0 Å². The molecule has 0 spiro atoms. The second-order valence-electron chi connectivity index (χ2n) is 4.80. The number of aromatic amines is 1. The number of benzene rings is 1. The molecule has 21 heavy (non-hydrogen) atoms. The summed E-state index contributed by atoms with van der Waals surface area (Å²) >= 11 is 1.52. The van der Waals surface area contributed by atoms with Gasteiger partial charge in [0.15, 0.2) is 0 Å². The number of H-pyrrole nitrogens is 1. The van der Waals surface area contributed by atoms with Crippen molar-refractivity contribution in [3.8, 4) is 5.75 Å². The molecule has 0 aliphatic carbocycles. The van der Waals surface area contributed by atoms with Crippen LogP contribution in [0.3, 0.4) is 0 Å². The summed E-state index contributed by atoms with van der Waals surface area (Å²) in [5.74, 6) is 1.08. The topological polar surface area (TPSA) is 81.0 Å². The molecule has 6 heteroatoms. The standard InChI is InChI=1S/C15H15N3O2S/c1-8-9(2)21-15-13(8)14(19)17-12(18-15)7-20-11-6-4-3-5-10(11)16/h3-6H,7,16H2,1-2H3,(H,17,18,19). The first-order valence-electron chi connectivity index (χ1n) is 6.52. The fraction of sp³-hybridized carbons (Fsp3) is 0.200. The molecule has 0 aliphatic heterocycles. The molecule has 3 aromatic rings. The van der Waals surface area contributed by atoms with Gasteiger partial charge in [0, 0.05) is 4.88 Å². The third-order valence-electron chi connectivity index (χ3n) is 3.37. The average Bonchev–Trinajstić information content (AvgIpc) is 2.73. The van der Waals surface area contributed by atoms with Crippen LogP contribution in [0, 0.1) is 13.8 Å². The Balaban J connectivity index is 1.92. The number of thiophene rings is 1. The Hall–Kier alpha value is -2.34. The number of hydrogen-bond acceptors (Lipinski definition) is 5. The summed E-state index contributed by atoms with van der Waals surface area (Å²) in [6.07, 6.45) is 0. The van der Waals surface area contributed by atoms with Crippen molar-refractivity contribution >= 4 is 27.2 Å². The van der Waals surface area contributed by atoms with Gasteiger partial charge in [0.2, 0.25) is 0 Å². The summed E-state index contributed by atoms with van der Waals surface area (Å²) in [6, 6.07) is 7.23. The monoisotopic (exact) mass is 301 g/mol. The minimum absolute atomic E-state index is 0.124. The number of para-hydroxylation sites is 2. The largest absolute Gasteiger partial charge is 0.484 e. The van der Waals surface area contributed by atoms with E-state index < -0.39 is 0 Å². The molecular formula is C15H15N3O2S. The maximum Gasteiger partial charge on any atom is 0.260 e. The predicted octanol–water partition coefficient (Wildman–Crippen LogP) is 2.76. The number of hydrogen-bond donors (Lipinski definition) is 2. The molecule has 0 bridgehead atoms. The Morgan fingerprint density at radius 2 is 2.10 bits per heavy atom. The molecule has 0 atom stereocenters. The van der Waals surface area contributed by atoms with Crippen molar-refractivity contribution in [3.05, 3.63) is 50.9 Å². The first kappa shape index (κ1) is 13.6. The number of anilines is 1. The van der Waals surface area contributed by atoms with Crippen LogP contribution in [0.15, 0.2) is 29.1 Å². The Kier molecular flexibility index (Phi) is 3.39. The highest BCUT2D eigenvalue weighted by atomic mass is 32.1. The number of nitrogen functional groups attached to an aromatic ring is 1. The molecule has 0 saturated carbocycles. The van der Waals surface area contributed by atoms with E-state index in [1.807, 2.05) is 26.0 Å². The van der Waals surface area contributed by atoms with Gasteiger partial charge in [-0.25, -0.2) is 4.98 Å². The molecule has 0 amide bonds. The normalized spacial score (nSPS) is 11.0. The third-order valence-corrected chi connectivity index (χ3v) is 4.47. The van der Waals surface area contributed by atoms with Crippen molar-refractivity contribution in [2.24, 2.45) is 0 Å². The van der Waals surface area contributed by atoms with Gasteiger partial charge in [-0.15, -0.1) is 11.3 Å². The van der Waals surface area contributed by atoms with Crippen molar-refractivity contribution in [3.63, 3.8) is 0 Å². The summed E-state index contributed by atoms with van der Waals surface area (Å²) in [5, 5.41) is 0.667. The van der Waals surface area contributed by atoms with Gasteiger partial charge in [0.1, 0.15) is 23.0 Å². The van der Waals surface area contributed by atoms with Crippen LogP contribution in [0.1, 0.15) is 16.3 Å². The molecule has 0 aliphatic rings. The number of aromatic nitrogens is 2. The number of nitrogens with two attached hydrogens (primary N) is 1. The summed E-state index contributed by atoms with van der Waals surface area (Å²) in [4.78, 5) is 21.2. The van der Waals surface area contributed by atoms with E-state index in [1.165, 1.54) is 11.3 Å². The summed E-state index contributed by atoms with van der Waals surface area (Å²) < 4.78 is 5.61. The lowest BCUT2D eigenvalue weighted by Gasteiger charge is -2.07. The first-order chi connectivity index (χ1) is 10.1. The molecule has 1 aromatic carbocycles. The lowest BCUT2D eigenvalue weighted by molar-refractivity contribution is 0.298. The SMILES string of the molecule is Cc1sc2nc(COc3ccccc3N)[nH]c(=O)c2c1C. The number of ether oxygens (including phenoxy) is 1. The maximum absolute atomic E-state index is 12.1. The molecule has 0 unspecified atom stereocenters. The zero-order valence-corrected chi connectivity index (χ0v) is 12.6. The van der Waals surface area contributed by atoms with Gasteiger partial charge in [-0.1, -0.05) is 12.1 Å². The summed E-state index contributed by atoms with van der Waals surface area (Å²) in [5.41, 5.74) is 7.24. The highest BCUT2D eigenvalue weighted by Gasteiger charge is 2.12. The van der Waals surface area contributed by atoms with Crippen molar-refractivity contribution < 1.29 is 4.74 Å². The highest BCUT2D eigenvalue weighted by Crippen LogP contribution is 2.26. The van der Waals surface area contributed by atoms with Crippen LogP contribution >= 0.6 is 11.3 Å². The molecule has 0 saturated heterocycles. The summed E-state index contributed by atoms with van der Waals surface area (Å²) in [6.45, 7) is 4.10. The second-order valence-corrected chi connectivity index (χ2v) is 6.01. The lowest BCUT2D eigenvalue weighted by Crippen LogP contribution is -2.13. The minimum Gasteiger partial charge on any atom is -0.484 e. The molecule has 2 heterocycles. The fourth-order valence-electron chi connectivity index (χ4n) is 2.13. The van der Waals surface area contributed by atoms with Crippen LogP contribution in [-0.4, -0.2) is 9.97 Å². The number of nitrogens with one attached hydrogen (secondary N) is 1. The van der Waals surface area contributed by atoms with Crippen LogP contribution < -0.4 is 16.0 Å². The number of rotatable bonds is 3. The van der Waals surface area contributed by atoms with E-state index >= 15 is 0 Å². The average molecular weight is 301 g/mol. The number of fused-ring (bicyclic) bond motifs is 1. The van der Waals surface area contributed by atoms with Gasteiger partial charge in [-0.05, 0) is 31.5 Å². The van der Waals surface area contributed by atoms with Crippen LogP contribution in [0.4, 0.5) is 5.69 Å². The lowest BCUT2D eigenvalue weighted by atomic mass is 10.2. The molecular weight excluding hydrogens is 286 g/mol. The van der Waals surface area contributed by atoms with E-state index in [1.54, 1.807) is 12.1 Å². The van der Waals surface area contributed by atoms with Crippen molar-refractivity contribution in [1.29, 1.82) is 0 Å². The smallest absolute Gasteiger partial charge is 0.260 e. The van der Waals surface area contributed by atoms with Crippen molar-refractivity contribution in [2.75, 3.05) is 5.73 Å². The molecule has 3 N–H and O–H groups in total. The molecule has 2 aromatic heterocycles. The van der Waals surface area contributed by atoms with Gasteiger partial charge in [-0.3, -0.25) is 4.79 Å². The zero-order valence-electron chi connectivity index (χ0n) is 11.8.